The Morgan fingerprint density at radius 1 is 1.00 bits per heavy atom. The zero-order chi connectivity index (χ0) is 19.5. The summed E-state index contributed by atoms with van der Waals surface area (Å²) in [7, 11) is 0. The summed E-state index contributed by atoms with van der Waals surface area (Å²) in [5.41, 5.74) is 1.94. The molecule has 1 N–H and O–H groups in total. The van der Waals surface area contributed by atoms with Crippen molar-refractivity contribution >= 4 is 11.9 Å². The van der Waals surface area contributed by atoms with Gasteiger partial charge >= 0.3 is 5.97 Å². The summed E-state index contributed by atoms with van der Waals surface area (Å²) in [6.07, 6.45) is -3.15. The average molecular weight is 383 g/mol. The number of nitrogens with zero attached hydrogens (tertiary/aromatic N) is 1. The van der Waals surface area contributed by atoms with E-state index in [2.05, 4.69) is 0 Å². The van der Waals surface area contributed by atoms with Gasteiger partial charge in [0.15, 0.2) is 6.10 Å². The minimum absolute atomic E-state index is 0.151. The van der Waals surface area contributed by atoms with Gasteiger partial charge < -0.3 is 24.2 Å². The van der Waals surface area contributed by atoms with E-state index in [0.29, 0.717) is 13.2 Å². The molecular weight excluding hydrogens is 362 g/mol. The van der Waals surface area contributed by atoms with Crippen molar-refractivity contribution in [1.29, 1.82) is 0 Å². The van der Waals surface area contributed by atoms with Gasteiger partial charge in [0, 0.05) is 6.54 Å². The molecule has 0 aliphatic carbocycles. The Labute approximate surface area is 162 Å². The number of ether oxygens (including phenoxy) is 3. The first-order valence-corrected chi connectivity index (χ1v) is 9.13. The lowest BCUT2D eigenvalue weighted by Crippen LogP contribution is -2.58. The molecule has 0 aromatic heterocycles. The largest absolute Gasteiger partial charge is 0.479 e. The highest BCUT2D eigenvalue weighted by molar-refractivity contribution is 5.84. The van der Waals surface area contributed by atoms with Crippen LogP contribution in [-0.2, 0) is 37.0 Å². The van der Waals surface area contributed by atoms with Crippen LogP contribution >= 0.6 is 0 Å². The molecule has 7 heteroatoms. The molecule has 1 amide bonds. The number of carbonyl (C=O) groups is 2. The van der Waals surface area contributed by atoms with Gasteiger partial charge in [-0.2, -0.15) is 0 Å². The van der Waals surface area contributed by atoms with Gasteiger partial charge in [0.25, 0.3) is 5.91 Å². The van der Waals surface area contributed by atoms with E-state index in [9.17, 15) is 14.7 Å². The first kappa shape index (κ1) is 18.6. The number of fused-ring (bicyclic) bond motifs is 2. The Balaban J connectivity index is 1.53. The van der Waals surface area contributed by atoms with Crippen molar-refractivity contribution in [3.63, 3.8) is 0 Å². The molecule has 2 aromatic rings. The lowest BCUT2D eigenvalue weighted by molar-refractivity contribution is -0.183. The zero-order valence-electron chi connectivity index (χ0n) is 15.1. The quantitative estimate of drug-likeness (QED) is 0.785. The van der Waals surface area contributed by atoms with Gasteiger partial charge in [-0.05, 0) is 11.1 Å². The second-order valence-electron chi connectivity index (χ2n) is 6.85. The molecular formula is C21H21NO6. The Morgan fingerprint density at radius 3 is 2.29 bits per heavy atom. The third kappa shape index (κ3) is 3.77. The van der Waals surface area contributed by atoms with Crippen LogP contribution in [-0.4, -0.2) is 53.0 Å². The van der Waals surface area contributed by atoms with Gasteiger partial charge in [-0.15, -0.1) is 0 Å². The first-order chi connectivity index (χ1) is 13.6. The number of hydrogen-bond acceptors (Lipinski definition) is 5. The average Bonchev–Trinajstić information content (AvgIpc) is 3.12. The van der Waals surface area contributed by atoms with Gasteiger partial charge in [-0.25, -0.2) is 4.79 Å². The molecule has 2 bridgehead atoms. The maximum absolute atomic E-state index is 12.8. The molecule has 0 saturated carbocycles. The summed E-state index contributed by atoms with van der Waals surface area (Å²) in [5.74, 6) is -1.52. The lowest BCUT2D eigenvalue weighted by Gasteiger charge is -2.38. The highest BCUT2D eigenvalue weighted by Crippen LogP contribution is 2.33. The molecule has 2 aliphatic heterocycles. The summed E-state index contributed by atoms with van der Waals surface area (Å²) in [5, 5.41) is 9.47. The van der Waals surface area contributed by atoms with Crippen LogP contribution < -0.4 is 0 Å². The summed E-state index contributed by atoms with van der Waals surface area (Å²) < 4.78 is 16.8. The molecule has 0 spiro atoms. The molecule has 28 heavy (non-hydrogen) atoms. The summed E-state index contributed by atoms with van der Waals surface area (Å²) in [6.45, 7) is 0.850. The molecule has 2 aromatic carbocycles. The molecule has 4 rings (SSSR count). The third-order valence-corrected chi connectivity index (χ3v) is 4.95. The summed E-state index contributed by atoms with van der Waals surface area (Å²) in [4.78, 5) is 26.0. The van der Waals surface area contributed by atoms with Crippen molar-refractivity contribution in [2.24, 2.45) is 0 Å². The minimum Gasteiger partial charge on any atom is -0.479 e. The van der Waals surface area contributed by atoms with Crippen LogP contribution in [0.1, 0.15) is 11.1 Å². The van der Waals surface area contributed by atoms with Crippen LogP contribution in [0.5, 0.6) is 0 Å². The van der Waals surface area contributed by atoms with E-state index >= 15 is 0 Å². The van der Waals surface area contributed by atoms with Crippen molar-refractivity contribution in [2.45, 2.75) is 37.7 Å². The van der Waals surface area contributed by atoms with Crippen LogP contribution in [0.25, 0.3) is 0 Å². The predicted octanol–water partition coefficient (Wildman–Crippen LogP) is 1.81. The molecule has 2 heterocycles. The minimum atomic E-state index is -1.19. The van der Waals surface area contributed by atoms with Crippen LogP contribution in [0.2, 0.25) is 0 Å². The normalized spacial score (nSPS) is 26.4. The molecule has 7 nitrogen and oxygen atoms in total. The van der Waals surface area contributed by atoms with Crippen molar-refractivity contribution in [1.82, 2.24) is 4.90 Å². The standard InChI is InChI=1S/C21H21NO6/c23-19-21-27-17(18(28-21)20(24)25)16(13-26-12-15-9-5-2-6-10-15)22(19)11-14-7-3-1-4-8-14/h1-10,16-18,21H,11-13H2,(H,24,25)/t16-,17+,18-,21-/m1/s1. The van der Waals surface area contributed by atoms with Crippen molar-refractivity contribution in [3.8, 4) is 0 Å². The lowest BCUT2D eigenvalue weighted by atomic mass is 10.0. The number of carboxylic acids is 1. The molecule has 4 atom stereocenters. The van der Waals surface area contributed by atoms with E-state index in [1.165, 1.54) is 0 Å². The molecule has 2 aliphatic rings. The highest BCUT2D eigenvalue weighted by Gasteiger charge is 2.55. The SMILES string of the molecule is O=C(O)[C@@H]1O[C@H]2O[C@H]1[C@@H](COCc1ccccc1)N(Cc1ccccc1)C2=O. The Hall–Kier alpha value is -2.74. The van der Waals surface area contributed by atoms with Crippen molar-refractivity contribution < 1.29 is 28.9 Å². The van der Waals surface area contributed by atoms with E-state index in [-0.39, 0.29) is 12.5 Å². The highest BCUT2D eigenvalue weighted by atomic mass is 16.7. The number of hydrogen-bond donors (Lipinski definition) is 1. The number of aliphatic carboxylic acids is 1. The van der Waals surface area contributed by atoms with Gasteiger partial charge in [0.1, 0.15) is 6.10 Å². The topological polar surface area (TPSA) is 85.3 Å². The summed E-state index contributed by atoms with van der Waals surface area (Å²) in [6, 6.07) is 18.6. The van der Waals surface area contributed by atoms with Gasteiger partial charge in [-0.3, -0.25) is 4.79 Å². The molecule has 146 valence electrons. The van der Waals surface area contributed by atoms with Gasteiger partial charge in [-0.1, -0.05) is 60.7 Å². The van der Waals surface area contributed by atoms with Crippen LogP contribution in [0.4, 0.5) is 0 Å². The molecule has 0 radical (unpaired) electrons. The summed E-state index contributed by atoms with van der Waals surface area (Å²) >= 11 is 0. The zero-order valence-corrected chi connectivity index (χ0v) is 15.1. The monoisotopic (exact) mass is 383 g/mol. The first-order valence-electron chi connectivity index (χ1n) is 9.13. The number of amides is 1. The fourth-order valence-corrected chi connectivity index (χ4v) is 3.57. The van der Waals surface area contributed by atoms with Crippen LogP contribution in [0, 0.1) is 0 Å². The van der Waals surface area contributed by atoms with E-state index in [1.54, 1.807) is 4.90 Å². The number of benzene rings is 2. The fourth-order valence-electron chi connectivity index (χ4n) is 3.57. The maximum Gasteiger partial charge on any atom is 0.335 e. The maximum atomic E-state index is 12.8. The van der Waals surface area contributed by atoms with Gasteiger partial charge in [0.2, 0.25) is 6.29 Å². The second-order valence-corrected chi connectivity index (χ2v) is 6.85. The van der Waals surface area contributed by atoms with Gasteiger partial charge in [0.05, 0.1) is 19.3 Å². The van der Waals surface area contributed by atoms with E-state index in [4.69, 9.17) is 14.2 Å². The van der Waals surface area contributed by atoms with E-state index in [0.717, 1.165) is 11.1 Å². The number of carbonyl (C=O) groups excluding carboxylic acids is 1. The predicted molar refractivity (Wildman–Crippen MR) is 98.0 cm³/mol. The number of carboxylic acid groups (broad SMARTS) is 1. The molecule has 2 saturated heterocycles. The smallest absolute Gasteiger partial charge is 0.335 e. The van der Waals surface area contributed by atoms with Crippen LogP contribution in [0.3, 0.4) is 0 Å². The third-order valence-electron chi connectivity index (χ3n) is 4.95. The fraction of sp³-hybridized carbons (Fsp3) is 0.333. The van der Waals surface area contributed by atoms with Crippen molar-refractivity contribution in [3.05, 3.63) is 71.8 Å². The Morgan fingerprint density at radius 2 is 1.64 bits per heavy atom. The van der Waals surface area contributed by atoms with E-state index < -0.39 is 30.5 Å². The van der Waals surface area contributed by atoms with Crippen molar-refractivity contribution in [2.75, 3.05) is 6.61 Å². The number of morpholine rings is 1. The Bertz CT molecular complexity index is 827. The second kappa shape index (κ2) is 8.10. The van der Waals surface area contributed by atoms with Crippen LogP contribution in [0.15, 0.2) is 60.7 Å². The van der Waals surface area contributed by atoms with E-state index in [1.807, 2.05) is 60.7 Å². The number of rotatable bonds is 7. The molecule has 2 fully saturated rings. The Kier molecular flexibility index (Phi) is 5.38. The molecule has 0 unspecified atom stereocenters.